The lowest BCUT2D eigenvalue weighted by molar-refractivity contribution is -0.139. The predicted molar refractivity (Wildman–Crippen MR) is 114 cm³/mol. The van der Waals surface area contributed by atoms with Gasteiger partial charge in [-0.25, -0.2) is 9.38 Å². The van der Waals surface area contributed by atoms with Gasteiger partial charge in [0, 0.05) is 37.7 Å². The SMILES string of the molecule is COC(=O)Cc1ccc(NC2=NC3CN(C4=CNCC=C4C)CCC3=CN2)cc1F. The van der Waals surface area contributed by atoms with Gasteiger partial charge in [0.05, 0.1) is 25.3 Å². The van der Waals surface area contributed by atoms with Crippen LogP contribution in [-0.2, 0) is 16.0 Å². The number of allylic oxidation sites excluding steroid dienone is 1. The van der Waals surface area contributed by atoms with Gasteiger partial charge < -0.3 is 25.6 Å². The van der Waals surface area contributed by atoms with E-state index in [-0.39, 0.29) is 12.5 Å². The van der Waals surface area contributed by atoms with Crippen LogP contribution < -0.4 is 16.0 Å². The van der Waals surface area contributed by atoms with Gasteiger partial charge in [0.25, 0.3) is 0 Å². The fourth-order valence-corrected chi connectivity index (χ4v) is 3.84. The highest BCUT2D eigenvalue weighted by atomic mass is 19.1. The molecule has 1 aromatic rings. The zero-order valence-electron chi connectivity index (χ0n) is 17.2. The minimum atomic E-state index is -0.471. The predicted octanol–water partition coefficient (Wildman–Crippen LogP) is 2.26. The molecular weight excluding hydrogens is 385 g/mol. The summed E-state index contributed by atoms with van der Waals surface area (Å²) in [6, 6.07) is 4.72. The van der Waals surface area contributed by atoms with Crippen LogP contribution in [0.5, 0.6) is 0 Å². The molecule has 30 heavy (non-hydrogen) atoms. The highest BCUT2D eigenvalue weighted by molar-refractivity contribution is 5.95. The number of aliphatic imine (C=N–C) groups is 1. The van der Waals surface area contributed by atoms with E-state index < -0.39 is 11.8 Å². The number of anilines is 1. The van der Waals surface area contributed by atoms with E-state index in [9.17, 15) is 9.18 Å². The average molecular weight is 411 g/mol. The number of hydrogen-bond acceptors (Lipinski definition) is 7. The van der Waals surface area contributed by atoms with E-state index in [1.165, 1.54) is 30.0 Å². The summed E-state index contributed by atoms with van der Waals surface area (Å²) >= 11 is 0. The van der Waals surface area contributed by atoms with Crippen LogP contribution in [0.15, 0.2) is 58.5 Å². The number of guanidine groups is 1. The summed E-state index contributed by atoms with van der Waals surface area (Å²) < 4.78 is 18.9. The van der Waals surface area contributed by atoms with Gasteiger partial charge >= 0.3 is 5.97 Å². The molecular formula is C22H26FN5O2. The molecule has 1 aromatic carbocycles. The first-order valence-corrected chi connectivity index (χ1v) is 10.0. The number of piperidine rings is 1. The number of hydrogen-bond donors (Lipinski definition) is 3. The highest BCUT2D eigenvalue weighted by Gasteiger charge is 2.28. The van der Waals surface area contributed by atoms with Crippen LogP contribution >= 0.6 is 0 Å². The van der Waals surface area contributed by atoms with Gasteiger partial charge in [0.1, 0.15) is 5.82 Å². The minimum Gasteiger partial charge on any atom is -0.469 e. The smallest absolute Gasteiger partial charge is 0.310 e. The van der Waals surface area contributed by atoms with Crippen molar-refractivity contribution in [2.24, 2.45) is 4.99 Å². The molecule has 0 amide bonds. The first-order valence-electron chi connectivity index (χ1n) is 10.0. The number of likely N-dealkylation sites (tertiary alicyclic amines) is 1. The van der Waals surface area contributed by atoms with Crippen LogP contribution in [0.1, 0.15) is 18.9 Å². The molecule has 0 aliphatic carbocycles. The highest BCUT2D eigenvalue weighted by Crippen LogP contribution is 2.27. The molecule has 158 valence electrons. The zero-order chi connectivity index (χ0) is 21.1. The van der Waals surface area contributed by atoms with Gasteiger partial charge in [0.15, 0.2) is 0 Å². The third-order valence-electron chi connectivity index (χ3n) is 5.56. The molecule has 0 saturated carbocycles. The summed E-state index contributed by atoms with van der Waals surface area (Å²) in [5.41, 5.74) is 4.62. The van der Waals surface area contributed by atoms with Crippen molar-refractivity contribution in [3.05, 3.63) is 64.9 Å². The van der Waals surface area contributed by atoms with E-state index in [0.29, 0.717) is 17.2 Å². The number of carbonyl (C=O) groups is 1. The number of ether oxygens (including phenoxy) is 1. The third kappa shape index (κ3) is 4.32. The molecule has 3 heterocycles. The molecule has 1 unspecified atom stereocenters. The maximum absolute atomic E-state index is 14.3. The monoisotopic (exact) mass is 411 g/mol. The van der Waals surface area contributed by atoms with Crippen molar-refractivity contribution in [1.29, 1.82) is 0 Å². The topological polar surface area (TPSA) is 78.0 Å². The average Bonchev–Trinajstić information content (AvgIpc) is 2.75. The van der Waals surface area contributed by atoms with Crippen molar-refractivity contribution < 1.29 is 13.9 Å². The molecule has 4 rings (SSSR count). The Hall–Kier alpha value is -3.29. The Morgan fingerprint density at radius 2 is 2.27 bits per heavy atom. The van der Waals surface area contributed by atoms with Gasteiger partial charge in [-0.15, -0.1) is 0 Å². The van der Waals surface area contributed by atoms with Crippen LogP contribution in [0.4, 0.5) is 10.1 Å². The molecule has 3 N–H and O–H groups in total. The fraction of sp³-hybridized carbons (Fsp3) is 0.364. The lowest BCUT2D eigenvalue weighted by Crippen LogP contribution is -2.44. The number of dihydropyridines is 1. The number of rotatable bonds is 4. The molecule has 3 aliphatic heterocycles. The van der Waals surface area contributed by atoms with Crippen molar-refractivity contribution in [1.82, 2.24) is 15.5 Å². The van der Waals surface area contributed by atoms with Crippen molar-refractivity contribution >= 4 is 17.6 Å². The van der Waals surface area contributed by atoms with Crippen LogP contribution in [-0.4, -0.2) is 49.6 Å². The third-order valence-corrected chi connectivity index (χ3v) is 5.56. The van der Waals surface area contributed by atoms with E-state index in [1.54, 1.807) is 12.1 Å². The standard InChI is InChI=1S/C22H26FN5O2/c1-14-5-7-24-12-20(14)28-8-6-16-11-25-22(27-19(16)13-28)26-17-4-3-15(18(23)10-17)9-21(29)30-2/h3-5,10-12,19,24H,6-9,13H2,1-2H3,(H2,25,26,27). The molecule has 1 saturated heterocycles. The Morgan fingerprint density at radius 3 is 3.03 bits per heavy atom. The second-order valence-corrected chi connectivity index (χ2v) is 7.56. The lowest BCUT2D eigenvalue weighted by Gasteiger charge is -2.38. The maximum atomic E-state index is 14.3. The van der Waals surface area contributed by atoms with Crippen molar-refractivity contribution in [2.45, 2.75) is 25.8 Å². The Bertz CT molecular complexity index is 966. The van der Waals surface area contributed by atoms with Crippen molar-refractivity contribution in [2.75, 3.05) is 32.1 Å². The second-order valence-electron chi connectivity index (χ2n) is 7.56. The number of methoxy groups -OCH3 is 1. The van der Waals surface area contributed by atoms with Gasteiger partial charge in [0.2, 0.25) is 5.96 Å². The van der Waals surface area contributed by atoms with E-state index in [2.05, 4.69) is 44.8 Å². The first kappa shape index (κ1) is 20.0. The Morgan fingerprint density at radius 1 is 1.40 bits per heavy atom. The van der Waals surface area contributed by atoms with Crippen molar-refractivity contribution in [3.63, 3.8) is 0 Å². The number of halogens is 1. The van der Waals surface area contributed by atoms with Crippen LogP contribution in [0.25, 0.3) is 0 Å². The van der Waals surface area contributed by atoms with E-state index in [4.69, 9.17) is 4.99 Å². The van der Waals surface area contributed by atoms with Gasteiger partial charge in [-0.3, -0.25) is 4.79 Å². The van der Waals surface area contributed by atoms with Crippen molar-refractivity contribution in [3.8, 4) is 0 Å². The maximum Gasteiger partial charge on any atom is 0.310 e. The van der Waals surface area contributed by atoms with Crippen LogP contribution in [0.3, 0.4) is 0 Å². The summed E-state index contributed by atoms with van der Waals surface area (Å²) in [5.74, 6) is -0.351. The van der Waals surface area contributed by atoms with E-state index in [1.807, 2.05) is 6.20 Å². The lowest BCUT2D eigenvalue weighted by atomic mass is 9.97. The normalized spacial score (nSPS) is 20.5. The number of esters is 1. The van der Waals surface area contributed by atoms with Gasteiger partial charge in [-0.05, 0) is 42.2 Å². The van der Waals surface area contributed by atoms with Gasteiger partial charge in [-0.2, -0.15) is 0 Å². The second kappa shape index (κ2) is 8.61. The summed E-state index contributed by atoms with van der Waals surface area (Å²) in [5, 5.41) is 9.58. The molecule has 8 heteroatoms. The molecule has 0 spiro atoms. The number of fused-ring (bicyclic) bond motifs is 1. The van der Waals surface area contributed by atoms with E-state index >= 15 is 0 Å². The number of nitrogens with one attached hydrogen (secondary N) is 3. The van der Waals surface area contributed by atoms with Gasteiger partial charge in [-0.1, -0.05) is 12.1 Å². The molecule has 0 radical (unpaired) electrons. The zero-order valence-corrected chi connectivity index (χ0v) is 17.2. The fourth-order valence-electron chi connectivity index (χ4n) is 3.84. The molecule has 3 aliphatic rings. The number of carbonyl (C=O) groups excluding carboxylic acids is 1. The molecule has 7 nitrogen and oxygen atoms in total. The molecule has 0 aromatic heterocycles. The number of nitrogens with zero attached hydrogens (tertiary/aromatic N) is 2. The quantitative estimate of drug-likeness (QED) is 0.660. The van der Waals surface area contributed by atoms with E-state index in [0.717, 1.165) is 26.1 Å². The Balaban J connectivity index is 1.44. The summed E-state index contributed by atoms with van der Waals surface area (Å²) in [6.07, 6.45) is 7.11. The summed E-state index contributed by atoms with van der Waals surface area (Å²) in [4.78, 5) is 18.5. The summed E-state index contributed by atoms with van der Waals surface area (Å²) in [7, 11) is 1.29. The van der Waals surface area contributed by atoms with Crippen LogP contribution in [0, 0.1) is 5.82 Å². The molecule has 1 fully saturated rings. The Kier molecular flexibility index (Phi) is 5.74. The summed E-state index contributed by atoms with van der Waals surface area (Å²) in [6.45, 7) is 4.75. The Labute approximate surface area is 175 Å². The molecule has 1 atom stereocenters. The number of benzene rings is 1. The largest absolute Gasteiger partial charge is 0.469 e. The van der Waals surface area contributed by atoms with Crippen LogP contribution in [0.2, 0.25) is 0 Å². The molecule has 0 bridgehead atoms. The first-order chi connectivity index (χ1) is 14.5. The minimum absolute atomic E-state index is 0.0431.